The highest BCUT2D eigenvalue weighted by molar-refractivity contribution is 7.16. The first-order valence-corrected chi connectivity index (χ1v) is 7.76. The Labute approximate surface area is 136 Å². The van der Waals surface area contributed by atoms with Crippen molar-refractivity contribution in [2.75, 3.05) is 7.11 Å². The van der Waals surface area contributed by atoms with Crippen LogP contribution in [0.4, 0.5) is 0 Å². The Morgan fingerprint density at radius 3 is 2.86 bits per heavy atom. The number of halogens is 1. The van der Waals surface area contributed by atoms with Crippen molar-refractivity contribution in [3.63, 3.8) is 0 Å². The lowest BCUT2D eigenvalue weighted by atomic mass is 10.2. The number of rotatable bonds is 2. The van der Waals surface area contributed by atoms with E-state index in [0.717, 1.165) is 10.2 Å². The summed E-state index contributed by atoms with van der Waals surface area (Å²) in [5, 5.41) is 0.667. The van der Waals surface area contributed by atoms with Gasteiger partial charge in [-0.15, -0.1) is 0 Å². The number of carbonyl (C=O) groups excluding carboxylic acids is 1. The minimum Gasteiger partial charge on any atom is -0.497 e. The maximum atomic E-state index is 12.3. The van der Waals surface area contributed by atoms with Gasteiger partial charge < -0.3 is 9.30 Å². The standard InChI is InChI=1S/C16H13ClN2O2S/c1-19-13-7-6-11(17)9-14(13)22-16(19)18-15(20)10-4-3-5-12(8-10)21-2/h3-9H,1-2H3. The van der Waals surface area contributed by atoms with Crippen molar-refractivity contribution in [1.29, 1.82) is 0 Å². The molecule has 4 nitrogen and oxygen atoms in total. The molecule has 22 heavy (non-hydrogen) atoms. The molecule has 1 amide bonds. The molecule has 3 aromatic rings. The highest BCUT2D eigenvalue weighted by Gasteiger charge is 2.08. The summed E-state index contributed by atoms with van der Waals surface area (Å²) >= 11 is 7.43. The third kappa shape index (κ3) is 2.77. The highest BCUT2D eigenvalue weighted by atomic mass is 35.5. The molecule has 0 saturated heterocycles. The number of aryl methyl sites for hydroxylation is 1. The van der Waals surface area contributed by atoms with Crippen molar-refractivity contribution in [3.8, 4) is 5.75 Å². The van der Waals surface area contributed by atoms with Gasteiger partial charge in [0, 0.05) is 17.6 Å². The summed E-state index contributed by atoms with van der Waals surface area (Å²) < 4.78 is 8.01. The predicted molar refractivity (Wildman–Crippen MR) is 88.7 cm³/mol. The topological polar surface area (TPSA) is 43.6 Å². The van der Waals surface area contributed by atoms with E-state index in [2.05, 4.69) is 4.99 Å². The molecule has 0 unspecified atom stereocenters. The van der Waals surface area contributed by atoms with Gasteiger partial charge in [-0.05, 0) is 36.4 Å². The van der Waals surface area contributed by atoms with Crippen molar-refractivity contribution in [2.45, 2.75) is 0 Å². The molecule has 1 heterocycles. The summed E-state index contributed by atoms with van der Waals surface area (Å²) in [7, 11) is 3.45. The van der Waals surface area contributed by atoms with Crippen LogP contribution in [0.15, 0.2) is 47.5 Å². The summed E-state index contributed by atoms with van der Waals surface area (Å²) in [5.41, 5.74) is 1.49. The molecule has 3 rings (SSSR count). The molecule has 0 fully saturated rings. The van der Waals surface area contributed by atoms with Crippen molar-refractivity contribution in [3.05, 3.63) is 57.9 Å². The minimum absolute atomic E-state index is 0.299. The van der Waals surface area contributed by atoms with Gasteiger partial charge in [-0.2, -0.15) is 4.99 Å². The largest absolute Gasteiger partial charge is 0.497 e. The average Bonchev–Trinajstić information content (AvgIpc) is 2.82. The van der Waals surface area contributed by atoms with Gasteiger partial charge >= 0.3 is 0 Å². The van der Waals surface area contributed by atoms with Crippen LogP contribution in [0.3, 0.4) is 0 Å². The van der Waals surface area contributed by atoms with Crippen LogP contribution in [0.2, 0.25) is 5.02 Å². The maximum absolute atomic E-state index is 12.3. The van der Waals surface area contributed by atoms with Crippen molar-refractivity contribution in [1.82, 2.24) is 4.57 Å². The number of fused-ring (bicyclic) bond motifs is 1. The second kappa shape index (κ2) is 5.94. The number of thiazole rings is 1. The quantitative estimate of drug-likeness (QED) is 0.719. The van der Waals surface area contributed by atoms with Crippen LogP contribution in [0.1, 0.15) is 10.4 Å². The monoisotopic (exact) mass is 332 g/mol. The Balaban J connectivity index is 2.07. The maximum Gasteiger partial charge on any atom is 0.279 e. The second-order valence-electron chi connectivity index (χ2n) is 4.70. The van der Waals surface area contributed by atoms with Crippen LogP contribution in [0.5, 0.6) is 5.75 Å². The van der Waals surface area contributed by atoms with Gasteiger partial charge in [0.1, 0.15) is 5.75 Å². The van der Waals surface area contributed by atoms with Gasteiger partial charge in [0.05, 0.1) is 17.3 Å². The molecular formula is C16H13ClN2O2S. The summed E-state index contributed by atoms with van der Waals surface area (Å²) in [6, 6.07) is 12.6. The predicted octanol–water partition coefficient (Wildman–Crippen LogP) is 3.64. The number of amides is 1. The number of hydrogen-bond donors (Lipinski definition) is 0. The molecule has 0 aliphatic rings. The number of benzene rings is 2. The molecule has 0 aliphatic carbocycles. The van der Waals surface area contributed by atoms with E-state index >= 15 is 0 Å². The summed E-state index contributed by atoms with van der Waals surface area (Å²) in [5.74, 6) is 0.334. The lowest BCUT2D eigenvalue weighted by Crippen LogP contribution is -2.13. The first-order valence-electron chi connectivity index (χ1n) is 6.56. The Morgan fingerprint density at radius 2 is 2.09 bits per heavy atom. The molecule has 0 bridgehead atoms. The normalized spacial score (nSPS) is 11.9. The lowest BCUT2D eigenvalue weighted by Gasteiger charge is -2.00. The fraction of sp³-hybridized carbons (Fsp3) is 0.125. The summed E-state index contributed by atoms with van der Waals surface area (Å²) in [6.45, 7) is 0. The third-order valence-corrected chi connectivity index (χ3v) is 4.61. The number of nitrogens with zero attached hydrogens (tertiary/aromatic N) is 2. The van der Waals surface area contributed by atoms with E-state index in [1.54, 1.807) is 31.4 Å². The van der Waals surface area contributed by atoms with Gasteiger partial charge in [-0.1, -0.05) is 29.0 Å². The van der Waals surface area contributed by atoms with Crippen LogP contribution in [0, 0.1) is 0 Å². The van der Waals surface area contributed by atoms with Crippen molar-refractivity contribution in [2.24, 2.45) is 12.0 Å². The molecule has 1 aromatic heterocycles. The number of methoxy groups -OCH3 is 1. The van der Waals surface area contributed by atoms with Gasteiger partial charge in [0.15, 0.2) is 4.80 Å². The van der Waals surface area contributed by atoms with E-state index < -0.39 is 0 Å². The molecule has 112 valence electrons. The Kier molecular flexibility index (Phi) is 4.00. The molecule has 0 saturated carbocycles. The molecule has 0 spiro atoms. The molecule has 0 N–H and O–H groups in total. The van der Waals surface area contributed by atoms with Gasteiger partial charge in [-0.25, -0.2) is 0 Å². The highest BCUT2D eigenvalue weighted by Crippen LogP contribution is 2.21. The number of aromatic nitrogens is 1. The van der Waals surface area contributed by atoms with Gasteiger partial charge in [-0.3, -0.25) is 4.79 Å². The third-order valence-electron chi connectivity index (χ3n) is 3.29. The molecule has 0 radical (unpaired) electrons. The Hall–Kier alpha value is -2.11. The lowest BCUT2D eigenvalue weighted by molar-refractivity contribution is 0.0997. The molecule has 6 heteroatoms. The second-order valence-corrected chi connectivity index (χ2v) is 6.15. The van der Waals surface area contributed by atoms with E-state index in [4.69, 9.17) is 16.3 Å². The van der Waals surface area contributed by atoms with Gasteiger partial charge in [0.25, 0.3) is 5.91 Å². The number of carbonyl (C=O) groups is 1. The van der Waals surface area contributed by atoms with E-state index in [9.17, 15) is 4.79 Å². The summed E-state index contributed by atoms with van der Waals surface area (Å²) in [6.07, 6.45) is 0. The van der Waals surface area contributed by atoms with Crippen LogP contribution in [0.25, 0.3) is 10.2 Å². The molecule has 2 aromatic carbocycles. The fourth-order valence-corrected chi connectivity index (χ4v) is 3.41. The molecule has 0 atom stereocenters. The Morgan fingerprint density at radius 1 is 1.27 bits per heavy atom. The number of ether oxygens (including phenoxy) is 1. The summed E-state index contributed by atoms with van der Waals surface area (Å²) in [4.78, 5) is 17.2. The zero-order valence-corrected chi connectivity index (χ0v) is 13.6. The average molecular weight is 333 g/mol. The van der Waals surface area contributed by atoms with E-state index in [1.165, 1.54) is 11.3 Å². The van der Waals surface area contributed by atoms with Crippen LogP contribution >= 0.6 is 22.9 Å². The van der Waals surface area contributed by atoms with Crippen LogP contribution < -0.4 is 9.54 Å². The first-order chi connectivity index (χ1) is 10.6. The zero-order chi connectivity index (χ0) is 15.7. The van der Waals surface area contributed by atoms with Crippen LogP contribution in [-0.2, 0) is 7.05 Å². The smallest absolute Gasteiger partial charge is 0.279 e. The zero-order valence-electron chi connectivity index (χ0n) is 12.0. The first kappa shape index (κ1) is 14.8. The van der Waals surface area contributed by atoms with E-state index in [0.29, 0.717) is 21.1 Å². The molecule has 0 aliphatic heterocycles. The van der Waals surface area contributed by atoms with Crippen LogP contribution in [-0.4, -0.2) is 17.6 Å². The molecular weight excluding hydrogens is 320 g/mol. The minimum atomic E-state index is -0.299. The van der Waals surface area contributed by atoms with Crippen molar-refractivity contribution >= 4 is 39.1 Å². The van der Waals surface area contributed by atoms with E-state index in [-0.39, 0.29) is 5.91 Å². The fourth-order valence-electron chi connectivity index (χ4n) is 2.12. The Bertz CT molecular complexity index is 927. The van der Waals surface area contributed by atoms with Gasteiger partial charge in [0.2, 0.25) is 0 Å². The SMILES string of the molecule is COc1cccc(C(=O)N=c2sc3cc(Cl)ccc3n2C)c1. The van der Waals surface area contributed by atoms with Crippen molar-refractivity contribution < 1.29 is 9.53 Å². The number of hydrogen-bond acceptors (Lipinski definition) is 3. The van der Waals surface area contributed by atoms with E-state index in [1.807, 2.05) is 29.8 Å².